The van der Waals surface area contributed by atoms with E-state index in [2.05, 4.69) is 20.8 Å². The van der Waals surface area contributed by atoms with E-state index >= 15 is 0 Å². The van der Waals surface area contributed by atoms with Crippen molar-refractivity contribution >= 4 is 11.9 Å². The summed E-state index contributed by atoms with van der Waals surface area (Å²) >= 11 is 0. The summed E-state index contributed by atoms with van der Waals surface area (Å²) in [5.74, 6) is -0.844. The first-order chi connectivity index (χ1) is 9.24. The van der Waals surface area contributed by atoms with Crippen molar-refractivity contribution in [2.24, 2.45) is 16.2 Å². The summed E-state index contributed by atoms with van der Waals surface area (Å²) in [6.45, 7) is 17.8. The Morgan fingerprint density at radius 1 is 1.00 bits per heavy atom. The van der Waals surface area contributed by atoms with Gasteiger partial charge in [-0.05, 0) is 38.0 Å². The maximum absolute atomic E-state index is 12.7. The fourth-order valence-corrected chi connectivity index (χ4v) is 2.30. The summed E-state index contributed by atoms with van der Waals surface area (Å²) in [6, 6.07) is 0. The van der Waals surface area contributed by atoms with E-state index in [-0.39, 0.29) is 23.4 Å². The molecule has 0 spiro atoms. The Morgan fingerprint density at radius 3 is 1.81 bits per heavy atom. The predicted octanol–water partition coefficient (Wildman–Crippen LogP) is 3.97. The minimum absolute atomic E-state index is 0.0196. The van der Waals surface area contributed by atoms with E-state index in [1.54, 1.807) is 13.8 Å². The monoisotopic (exact) mass is 300 g/mol. The number of ether oxygens (including phenoxy) is 2. The maximum Gasteiger partial charge on any atom is 0.347 e. The highest BCUT2D eigenvalue weighted by molar-refractivity contribution is 5.82. The maximum atomic E-state index is 12.7. The van der Waals surface area contributed by atoms with Gasteiger partial charge in [-0.25, -0.2) is 4.79 Å². The highest BCUT2D eigenvalue weighted by Gasteiger charge is 2.48. The van der Waals surface area contributed by atoms with Crippen LogP contribution in [-0.4, -0.2) is 24.6 Å². The van der Waals surface area contributed by atoms with Crippen molar-refractivity contribution in [3.63, 3.8) is 0 Å². The van der Waals surface area contributed by atoms with Gasteiger partial charge in [-0.15, -0.1) is 0 Å². The lowest BCUT2D eigenvalue weighted by Gasteiger charge is -2.43. The number of hydrogen-bond donors (Lipinski definition) is 0. The molecule has 0 aliphatic rings. The summed E-state index contributed by atoms with van der Waals surface area (Å²) in [4.78, 5) is 24.3. The Balaban J connectivity index is 5.20. The number of esters is 2. The molecule has 0 aromatic rings. The topological polar surface area (TPSA) is 52.6 Å². The third-order valence-electron chi connectivity index (χ3n) is 3.89. The zero-order valence-corrected chi connectivity index (χ0v) is 15.1. The first kappa shape index (κ1) is 19.9. The molecule has 0 fully saturated rings. The minimum Gasteiger partial charge on any atom is -0.463 e. The van der Waals surface area contributed by atoms with Crippen molar-refractivity contribution in [1.82, 2.24) is 0 Å². The van der Waals surface area contributed by atoms with E-state index in [1.165, 1.54) is 0 Å². The lowest BCUT2D eigenvalue weighted by Crippen LogP contribution is -2.46. The molecule has 0 rings (SSSR count). The largest absolute Gasteiger partial charge is 0.463 e. The van der Waals surface area contributed by atoms with E-state index in [1.807, 2.05) is 27.7 Å². The van der Waals surface area contributed by atoms with Crippen LogP contribution in [0.1, 0.15) is 68.7 Å². The van der Waals surface area contributed by atoms with Gasteiger partial charge in [0.15, 0.2) is 6.10 Å². The predicted molar refractivity (Wildman–Crippen MR) is 83.8 cm³/mol. The Bertz CT molecular complexity index is 373. The van der Waals surface area contributed by atoms with Crippen LogP contribution >= 0.6 is 0 Å². The molecule has 0 amide bonds. The zero-order valence-electron chi connectivity index (χ0n) is 15.1. The van der Waals surface area contributed by atoms with Crippen LogP contribution in [0.3, 0.4) is 0 Å². The second kappa shape index (κ2) is 6.80. The van der Waals surface area contributed by atoms with Gasteiger partial charge < -0.3 is 9.47 Å². The Kier molecular flexibility index (Phi) is 6.46. The van der Waals surface area contributed by atoms with Crippen LogP contribution < -0.4 is 0 Å². The molecule has 124 valence electrons. The average Bonchev–Trinajstić information content (AvgIpc) is 2.25. The molecule has 0 aromatic carbocycles. The van der Waals surface area contributed by atoms with Crippen molar-refractivity contribution in [1.29, 1.82) is 0 Å². The van der Waals surface area contributed by atoms with Gasteiger partial charge in [0.2, 0.25) is 0 Å². The van der Waals surface area contributed by atoms with Crippen LogP contribution in [0.2, 0.25) is 0 Å². The molecule has 21 heavy (non-hydrogen) atoms. The highest BCUT2D eigenvalue weighted by Crippen LogP contribution is 2.47. The Hall–Kier alpha value is -1.06. The molecule has 0 saturated heterocycles. The van der Waals surface area contributed by atoms with E-state index < -0.39 is 17.5 Å². The van der Waals surface area contributed by atoms with Crippen LogP contribution in [0.4, 0.5) is 0 Å². The fraction of sp³-hybridized carbons (Fsp3) is 0.882. The van der Waals surface area contributed by atoms with Crippen molar-refractivity contribution in [3.8, 4) is 0 Å². The number of carbonyl (C=O) groups excluding carboxylic acids is 2. The van der Waals surface area contributed by atoms with Gasteiger partial charge in [-0.1, -0.05) is 41.5 Å². The van der Waals surface area contributed by atoms with Gasteiger partial charge in [0.1, 0.15) is 0 Å². The van der Waals surface area contributed by atoms with Crippen molar-refractivity contribution in [2.45, 2.75) is 74.8 Å². The molecule has 0 aliphatic heterocycles. The van der Waals surface area contributed by atoms with Crippen LogP contribution in [0.15, 0.2) is 0 Å². The zero-order chi connectivity index (χ0) is 17.1. The van der Waals surface area contributed by atoms with E-state index in [0.29, 0.717) is 6.42 Å². The van der Waals surface area contributed by atoms with Crippen molar-refractivity contribution in [3.05, 3.63) is 0 Å². The molecule has 0 heterocycles. The first-order valence-electron chi connectivity index (χ1n) is 7.62. The van der Waals surface area contributed by atoms with Gasteiger partial charge in [0.25, 0.3) is 0 Å². The quantitative estimate of drug-likeness (QED) is 0.721. The molecular weight excluding hydrogens is 268 g/mol. The molecule has 0 saturated carbocycles. The summed E-state index contributed by atoms with van der Waals surface area (Å²) in [6.07, 6.45) is -0.197. The summed E-state index contributed by atoms with van der Waals surface area (Å²) in [5.41, 5.74) is -0.966. The lowest BCUT2D eigenvalue weighted by molar-refractivity contribution is -0.179. The molecule has 2 atom stereocenters. The highest BCUT2D eigenvalue weighted by atomic mass is 16.6. The molecule has 0 aliphatic carbocycles. The van der Waals surface area contributed by atoms with Gasteiger partial charge in [0, 0.05) is 0 Å². The second-order valence-electron chi connectivity index (χ2n) is 8.12. The normalized spacial score (nSPS) is 16.8. The lowest BCUT2D eigenvalue weighted by atomic mass is 9.61. The third kappa shape index (κ3) is 5.68. The van der Waals surface area contributed by atoms with Crippen LogP contribution in [-0.2, 0) is 19.1 Å². The van der Waals surface area contributed by atoms with Gasteiger partial charge in [0.05, 0.1) is 12.0 Å². The molecule has 4 nitrogen and oxygen atoms in total. The third-order valence-corrected chi connectivity index (χ3v) is 3.89. The SMILES string of the molecule is CCOC(=O)C(C)OC(=O)C(C)(CC(C)(C)C)C(C)(C)C. The first-order valence-corrected chi connectivity index (χ1v) is 7.62. The average molecular weight is 300 g/mol. The summed E-state index contributed by atoms with van der Waals surface area (Å²) < 4.78 is 10.3. The van der Waals surface area contributed by atoms with Gasteiger partial charge in [-0.2, -0.15) is 0 Å². The Labute approximate surface area is 129 Å². The van der Waals surface area contributed by atoms with Gasteiger partial charge in [-0.3, -0.25) is 4.79 Å². The van der Waals surface area contributed by atoms with E-state index in [0.717, 1.165) is 0 Å². The van der Waals surface area contributed by atoms with Gasteiger partial charge >= 0.3 is 11.9 Å². The van der Waals surface area contributed by atoms with Crippen molar-refractivity contribution < 1.29 is 19.1 Å². The molecule has 0 aromatic heterocycles. The molecule has 2 unspecified atom stereocenters. The summed E-state index contributed by atoms with van der Waals surface area (Å²) in [7, 11) is 0. The molecule has 0 radical (unpaired) electrons. The Morgan fingerprint density at radius 2 is 1.48 bits per heavy atom. The number of hydrogen-bond acceptors (Lipinski definition) is 4. The molecule has 4 heteroatoms. The smallest absolute Gasteiger partial charge is 0.347 e. The number of carbonyl (C=O) groups is 2. The number of rotatable bonds is 5. The molecular formula is C17H32O4. The van der Waals surface area contributed by atoms with E-state index in [9.17, 15) is 9.59 Å². The standard InChI is InChI=1S/C17H32O4/c1-10-20-13(18)12(2)21-14(19)17(9,16(6,7)8)11-15(3,4)5/h12H,10-11H2,1-9H3. The van der Waals surface area contributed by atoms with Crippen LogP contribution in [0.25, 0.3) is 0 Å². The van der Waals surface area contributed by atoms with E-state index in [4.69, 9.17) is 9.47 Å². The molecule has 0 N–H and O–H groups in total. The fourth-order valence-electron chi connectivity index (χ4n) is 2.30. The summed E-state index contributed by atoms with van der Waals surface area (Å²) in [5, 5.41) is 0. The van der Waals surface area contributed by atoms with Crippen molar-refractivity contribution in [2.75, 3.05) is 6.61 Å². The van der Waals surface area contributed by atoms with Crippen LogP contribution in [0, 0.1) is 16.2 Å². The molecule has 0 bridgehead atoms. The van der Waals surface area contributed by atoms with Crippen LogP contribution in [0.5, 0.6) is 0 Å². The second-order valence-corrected chi connectivity index (χ2v) is 8.12. The minimum atomic E-state index is -0.876.